The average molecular weight is 266 g/mol. The molecule has 0 spiro atoms. The molecule has 1 aromatic heterocycles. The van der Waals surface area contributed by atoms with Gasteiger partial charge < -0.3 is 14.6 Å². The summed E-state index contributed by atoms with van der Waals surface area (Å²) in [6, 6.07) is 3.83. The number of ether oxygens (including phenoxy) is 2. The predicted molar refractivity (Wildman–Crippen MR) is 68.1 cm³/mol. The first-order chi connectivity index (χ1) is 9.19. The second-order valence-electron chi connectivity index (χ2n) is 4.50. The van der Waals surface area contributed by atoms with E-state index in [0.717, 1.165) is 12.1 Å². The molecule has 1 unspecified atom stereocenters. The third-order valence-corrected chi connectivity index (χ3v) is 3.06. The summed E-state index contributed by atoms with van der Waals surface area (Å²) in [4.78, 5) is 17.0. The van der Waals surface area contributed by atoms with Crippen LogP contribution in [0.2, 0.25) is 0 Å². The third kappa shape index (κ3) is 3.90. The summed E-state index contributed by atoms with van der Waals surface area (Å²) >= 11 is 0. The first-order valence-electron chi connectivity index (χ1n) is 6.22. The maximum atomic E-state index is 10.7. The number of methoxy groups -OCH3 is 1. The first-order valence-corrected chi connectivity index (χ1v) is 6.22. The summed E-state index contributed by atoms with van der Waals surface area (Å²) in [5.74, 6) is -0.213. The number of rotatable bonds is 5. The first kappa shape index (κ1) is 13.8. The second-order valence-corrected chi connectivity index (χ2v) is 4.50. The number of aliphatic carboxylic acids is 1. The molecule has 1 aliphatic rings. The smallest absolute Gasteiger partial charge is 0.306 e. The fourth-order valence-corrected chi connectivity index (χ4v) is 2.21. The van der Waals surface area contributed by atoms with Crippen molar-refractivity contribution >= 4 is 5.97 Å². The van der Waals surface area contributed by atoms with E-state index < -0.39 is 5.97 Å². The van der Waals surface area contributed by atoms with Gasteiger partial charge >= 0.3 is 5.97 Å². The summed E-state index contributed by atoms with van der Waals surface area (Å²) in [6.45, 7) is 2.65. The zero-order valence-corrected chi connectivity index (χ0v) is 10.9. The Balaban J connectivity index is 1.96. The van der Waals surface area contributed by atoms with Gasteiger partial charge in [0.15, 0.2) is 0 Å². The molecule has 6 nitrogen and oxygen atoms in total. The number of nitrogens with zero attached hydrogens (tertiary/aromatic N) is 2. The molecule has 1 atom stereocenters. The van der Waals surface area contributed by atoms with Gasteiger partial charge in [-0.05, 0) is 6.07 Å². The number of carboxylic acids is 1. The number of carboxylic acid groups (broad SMARTS) is 1. The van der Waals surface area contributed by atoms with Gasteiger partial charge in [-0.25, -0.2) is 4.98 Å². The minimum Gasteiger partial charge on any atom is -0.481 e. The number of aromatic nitrogens is 1. The van der Waals surface area contributed by atoms with Gasteiger partial charge in [0.2, 0.25) is 5.88 Å². The number of hydrogen-bond acceptors (Lipinski definition) is 5. The summed E-state index contributed by atoms with van der Waals surface area (Å²) < 4.78 is 10.7. The lowest BCUT2D eigenvalue weighted by Gasteiger charge is -2.32. The monoisotopic (exact) mass is 266 g/mol. The molecular weight excluding hydrogens is 248 g/mol. The van der Waals surface area contributed by atoms with Crippen LogP contribution in [0.3, 0.4) is 0 Å². The van der Waals surface area contributed by atoms with Crippen molar-refractivity contribution in [2.75, 3.05) is 26.8 Å². The van der Waals surface area contributed by atoms with Crippen LogP contribution < -0.4 is 4.74 Å². The van der Waals surface area contributed by atoms with E-state index in [9.17, 15) is 4.79 Å². The number of morpholine rings is 1. The highest BCUT2D eigenvalue weighted by molar-refractivity contribution is 5.67. The van der Waals surface area contributed by atoms with E-state index in [0.29, 0.717) is 25.6 Å². The van der Waals surface area contributed by atoms with Gasteiger partial charge in [0.1, 0.15) is 0 Å². The lowest BCUT2D eigenvalue weighted by molar-refractivity contribution is -0.142. The highest BCUT2D eigenvalue weighted by atomic mass is 16.5. The molecule has 1 saturated heterocycles. The van der Waals surface area contributed by atoms with E-state index in [1.54, 1.807) is 13.3 Å². The Morgan fingerprint density at radius 2 is 2.53 bits per heavy atom. The van der Waals surface area contributed by atoms with Crippen molar-refractivity contribution in [3.63, 3.8) is 0 Å². The van der Waals surface area contributed by atoms with Crippen LogP contribution in [-0.4, -0.2) is 53.9 Å². The number of hydrogen-bond donors (Lipinski definition) is 1. The van der Waals surface area contributed by atoms with Crippen LogP contribution in [0.1, 0.15) is 12.0 Å². The van der Waals surface area contributed by atoms with Gasteiger partial charge in [0, 0.05) is 31.4 Å². The number of pyridine rings is 1. The lowest BCUT2D eigenvalue weighted by Crippen LogP contribution is -2.42. The van der Waals surface area contributed by atoms with Crippen LogP contribution in [0.15, 0.2) is 18.3 Å². The summed E-state index contributed by atoms with van der Waals surface area (Å²) in [5.41, 5.74) is 1.00. The minimum atomic E-state index is -0.828. The Morgan fingerprint density at radius 3 is 3.26 bits per heavy atom. The molecule has 2 heterocycles. The second kappa shape index (κ2) is 6.49. The molecule has 1 fully saturated rings. The number of carbonyl (C=O) groups is 1. The van der Waals surface area contributed by atoms with Crippen molar-refractivity contribution in [2.45, 2.75) is 19.1 Å². The van der Waals surface area contributed by atoms with Crippen LogP contribution in [0.25, 0.3) is 0 Å². The van der Waals surface area contributed by atoms with Crippen LogP contribution in [-0.2, 0) is 16.1 Å². The third-order valence-electron chi connectivity index (χ3n) is 3.06. The minimum absolute atomic E-state index is 0.0423. The normalized spacial score (nSPS) is 20.2. The molecule has 1 aromatic rings. The van der Waals surface area contributed by atoms with Gasteiger partial charge in [-0.2, -0.15) is 0 Å². The van der Waals surface area contributed by atoms with Crippen molar-refractivity contribution in [1.29, 1.82) is 0 Å². The van der Waals surface area contributed by atoms with Crippen molar-refractivity contribution in [2.24, 2.45) is 0 Å². The van der Waals surface area contributed by atoms with Crippen LogP contribution >= 0.6 is 0 Å². The largest absolute Gasteiger partial charge is 0.481 e. The molecule has 1 aliphatic heterocycles. The van der Waals surface area contributed by atoms with Crippen molar-refractivity contribution in [3.8, 4) is 5.88 Å². The van der Waals surface area contributed by atoms with Gasteiger partial charge in [-0.1, -0.05) is 6.07 Å². The zero-order chi connectivity index (χ0) is 13.7. The Kier molecular flexibility index (Phi) is 4.70. The molecule has 19 heavy (non-hydrogen) atoms. The Hall–Kier alpha value is -1.66. The summed E-state index contributed by atoms with van der Waals surface area (Å²) in [6.07, 6.45) is 1.49. The van der Waals surface area contributed by atoms with Crippen molar-refractivity contribution in [1.82, 2.24) is 9.88 Å². The molecule has 1 N–H and O–H groups in total. The maximum Gasteiger partial charge on any atom is 0.306 e. The van der Waals surface area contributed by atoms with E-state index in [1.807, 2.05) is 12.1 Å². The molecule has 0 bridgehead atoms. The Bertz CT molecular complexity index is 438. The van der Waals surface area contributed by atoms with Gasteiger partial charge in [-0.15, -0.1) is 0 Å². The van der Waals surface area contributed by atoms with Gasteiger partial charge in [-0.3, -0.25) is 9.69 Å². The fourth-order valence-electron chi connectivity index (χ4n) is 2.21. The van der Waals surface area contributed by atoms with Gasteiger partial charge in [0.05, 0.1) is 26.2 Å². The molecule has 2 rings (SSSR count). The highest BCUT2D eigenvalue weighted by Crippen LogP contribution is 2.18. The van der Waals surface area contributed by atoms with Crippen molar-refractivity contribution < 1.29 is 19.4 Å². The quantitative estimate of drug-likeness (QED) is 0.848. The topological polar surface area (TPSA) is 71.9 Å². The zero-order valence-electron chi connectivity index (χ0n) is 10.9. The maximum absolute atomic E-state index is 10.7. The van der Waals surface area contributed by atoms with Crippen molar-refractivity contribution in [3.05, 3.63) is 23.9 Å². The van der Waals surface area contributed by atoms with Crippen LogP contribution in [0.5, 0.6) is 5.88 Å². The lowest BCUT2D eigenvalue weighted by atomic mass is 10.2. The summed E-state index contributed by atoms with van der Waals surface area (Å²) in [5, 5.41) is 8.80. The fraction of sp³-hybridized carbons (Fsp3) is 0.538. The predicted octanol–water partition coefficient (Wildman–Crippen LogP) is 0.766. The Labute approximate surface area is 112 Å². The van der Waals surface area contributed by atoms with E-state index in [-0.39, 0.29) is 12.5 Å². The van der Waals surface area contributed by atoms with E-state index in [1.165, 1.54) is 0 Å². The van der Waals surface area contributed by atoms with Crippen LogP contribution in [0.4, 0.5) is 0 Å². The van der Waals surface area contributed by atoms with Gasteiger partial charge in [0.25, 0.3) is 0 Å². The molecule has 0 saturated carbocycles. The SMILES string of the molecule is COc1ncccc1CN1CCOC(CC(=O)O)C1. The molecule has 0 radical (unpaired) electrons. The molecule has 0 aliphatic carbocycles. The van der Waals surface area contributed by atoms with E-state index >= 15 is 0 Å². The molecule has 104 valence electrons. The molecular formula is C13H18N2O4. The summed E-state index contributed by atoms with van der Waals surface area (Å²) in [7, 11) is 1.60. The highest BCUT2D eigenvalue weighted by Gasteiger charge is 2.23. The van der Waals surface area contributed by atoms with E-state index in [2.05, 4.69) is 9.88 Å². The van der Waals surface area contributed by atoms with Crippen LogP contribution in [0, 0.1) is 0 Å². The standard InChI is InChI=1S/C13H18N2O4/c1-18-13-10(3-2-4-14-13)8-15-5-6-19-11(9-15)7-12(16)17/h2-4,11H,5-9H2,1H3,(H,16,17). The molecule has 0 aromatic carbocycles. The molecule has 0 amide bonds. The molecule has 6 heteroatoms. The average Bonchev–Trinajstić information content (AvgIpc) is 2.39. The van der Waals surface area contributed by atoms with E-state index in [4.69, 9.17) is 14.6 Å². The Morgan fingerprint density at radius 1 is 1.68 bits per heavy atom.